The number of hydrogen-bond donors (Lipinski definition) is 12. The van der Waals surface area contributed by atoms with E-state index in [9.17, 15) is 61.0 Å². The number of ether oxygens (including phenoxy) is 6. The van der Waals surface area contributed by atoms with Crippen molar-refractivity contribution in [2.24, 2.45) is 0 Å². The fourth-order valence-electron chi connectivity index (χ4n) is 10.8. The summed E-state index contributed by atoms with van der Waals surface area (Å²) in [5, 5.41) is 120. The number of amides is 1. The predicted molar refractivity (Wildman–Crippen MR) is 305 cm³/mol. The molecule has 0 saturated carbocycles. The molecule has 3 aliphatic rings. The highest BCUT2D eigenvalue weighted by molar-refractivity contribution is 5.76. The van der Waals surface area contributed by atoms with Crippen molar-refractivity contribution in [3.63, 3.8) is 0 Å². The smallest absolute Gasteiger partial charge is 0.220 e. The Balaban J connectivity index is 1.48. The first-order chi connectivity index (χ1) is 38.8. The summed E-state index contributed by atoms with van der Waals surface area (Å²) >= 11 is 0. The first-order valence-corrected chi connectivity index (χ1v) is 31.6. The summed E-state index contributed by atoms with van der Waals surface area (Å²) in [6.07, 6.45) is 19.6. The number of allylic oxidation sites excluding steroid dienone is 4. The Morgan fingerprint density at radius 1 is 0.450 bits per heavy atom. The van der Waals surface area contributed by atoms with Crippen LogP contribution in [-0.4, -0.2) is 193 Å². The molecule has 17 atom stereocenters. The number of rotatable bonds is 47. The normalized spacial score (nSPS) is 30.1. The van der Waals surface area contributed by atoms with Crippen molar-refractivity contribution in [1.82, 2.24) is 5.32 Å². The molecule has 470 valence electrons. The molecule has 0 bridgehead atoms. The van der Waals surface area contributed by atoms with Crippen molar-refractivity contribution in [2.75, 3.05) is 26.4 Å². The van der Waals surface area contributed by atoms with E-state index in [1.54, 1.807) is 0 Å². The average molecular weight is 1150 g/mol. The van der Waals surface area contributed by atoms with Crippen molar-refractivity contribution in [3.8, 4) is 0 Å². The molecule has 3 saturated heterocycles. The topological polar surface area (TPSA) is 307 Å². The first-order valence-electron chi connectivity index (χ1n) is 31.6. The van der Waals surface area contributed by atoms with Crippen molar-refractivity contribution in [1.29, 1.82) is 0 Å². The zero-order valence-electron chi connectivity index (χ0n) is 49.1. The molecule has 3 fully saturated rings. The molecule has 3 rings (SSSR count). The first kappa shape index (κ1) is 72.5. The summed E-state index contributed by atoms with van der Waals surface area (Å²) in [6, 6.07) is -0.889. The molecule has 0 aliphatic carbocycles. The number of hydrogen-bond acceptors (Lipinski definition) is 18. The number of carbonyl (C=O) groups excluding carboxylic acids is 1. The van der Waals surface area contributed by atoms with E-state index < -0.39 is 124 Å². The van der Waals surface area contributed by atoms with Crippen LogP contribution in [0.2, 0.25) is 0 Å². The predicted octanol–water partition coefficient (Wildman–Crippen LogP) is 6.32. The van der Waals surface area contributed by atoms with Crippen LogP contribution in [0.1, 0.15) is 226 Å². The molecule has 19 nitrogen and oxygen atoms in total. The Morgan fingerprint density at radius 2 is 0.825 bits per heavy atom. The van der Waals surface area contributed by atoms with E-state index >= 15 is 0 Å². The highest BCUT2D eigenvalue weighted by atomic mass is 16.8. The maximum Gasteiger partial charge on any atom is 0.220 e. The Labute approximate surface area is 479 Å². The van der Waals surface area contributed by atoms with Gasteiger partial charge in [-0.2, -0.15) is 0 Å². The van der Waals surface area contributed by atoms with Crippen molar-refractivity contribution in [3.05, 3.63) is 24.3 Å². The molecule has 0 spiro atoms. The summed E-state index contributed by atoms with van der Waals surface area (Å²) in [4.78, 5) is 13.4. The molecule has 17 unspecified atom stereocenters. The van der Waals surface area contributed by atoms with Gasteiger partial charge in [-0.25, -0.2) is 0 Å². The molecular formula is C61H113NO18. The number of unbranched alkanes of at least 4 members (excludes halogenated alkanes) is 27. The summed E-state index contributed by atoms with van der Waals surface area (Å²) in [7, 11) is 0. The molecule has 12 N–H and O–H groups in total. The quantitative estimate of drug-likeness (QED) is 0.0234. The van der Waals surface area contributed by atoms with Crippen molar-refractivity contribution in [2.45, 2.75) is 330 Å². The minimum absolute atomic E-state index is 0.250. The highest BCUT2D eigenvalue weighted by Gasteiger charge is 2.53. The van der Waals surface area contributed by atoms with E-state index in [1.165, 1.54) is 122 Å². The lowest BCUT2D eigenvalue weighted by atomic mass is 9.96. The lowest BCUT2D eigenvalue weighted by molar-refractivity contribution is -0.379. The monoisotopic (exact) mass is 1150 g/mol. The van der Waals surface area contributed by atoms with Gasteiger partial charge in [0.1, 0.15) is 73.2 Å². The minimum atomic E-state index is -1.97. The van der Waals surface area contributed by atoms with Gasteiger partial charge in [-0.3, -0.25) is 4.79 Å². The summed E-state index contributed by atoms with van der Waals surface area (Å²) in [5.74, 6) is -0.250. The number of carbonyl (C=O) groups is 1. The zero-order chi connectivity index (χ0) is 58.3. The lowest BCUT2D eigenvalue weighted by Crippen LogP contribution is -2.66. The molecule has 0 radical (unpaired) electrons. The van der Waals surface area contributed by atoms with Gasteiger partial charge in [0.2, 0.25) is 5.91 Å². The van der Waals surface area contributed by atoms with Gasteiger partial charge in [-0.1, -0.05) is 199 Å². The molecular weight excluding hydrogens is 1030 g/mol. The number of nitrogens with one attached hydrogen (secondary N) is 1. The van der Waals surface area contributed by atoms with Gasteiger partial charge in [0.15, 0.2) is 18.9 Å². The second kappa shape index (κ2) is 44.7. The van der Waals surface area contributed by atoms with Gasteiger partial charge >= 0.3 is 0 Å². The number of aliphatic hydroxyl groups excluding tert-OH is 11. The maximum atomic E-state index is 13.4. The third-order valence-electron chi connectivity index (χ3n) is 16.0. The van der Waals surface area contributed by atoms with E-state index in [2.05, 4.69) is 43.5 Å². The van der Waals surface area contributed by atoms with Crippen LogP contribution in [0.5, 0.6) is 0 Å². The molecule has 3 aliphatic heterocycles. The van der Waals surface area contributed by atoms with Crippen molar-refractivity contribution >= 4 is 5.91 Å². The molecule has 0 aromatic heterocycles. The van der Waals surface area contributed by atoms with Crippen LogP contribution >= 0.6 is 0 Å². The largest absolute Gasteiger partial charge is 0.394 e. The fraction of sp³-hybridized carbons (Fsp3) is 0.918. The zero-order valence-corrected chi connectivity index (χ0v) is 49.1. The van der Waals surface area contributed by atoms with Crippen LogP contribution < -0.4 is 5.32 Å². The third-order valence-corrected chi connectivity index (χ3v) is 16.0. The Morgan fingerprint density at radius 3 is 1.29 bits per heavy atom. The standard InChI is InChI=1S/C61H113NO18/c1-3-5-7-9-11-13-15-17-19-21-23-25-27-29-31-33-35-37-39-49(67)62-44(45(66)38-36-34-32-30-28-26-24-22-20-18-16-14-12-10-8-6-4-2)43-75-59-55(73)52(70)57(47(41-64)77-59)80-61-56(74)53(71)58(48(42-65)78-61)79-60-54(72)51(69)50(68)46(40-63)76-60/h13,15,19,21,44-48,50-61,63-66,68-74H,3-12,14,16-18,20,22-43H2,1-2H3,(H,62,67)/b15-13-,21-19-. The van der Waals surface area contributed by atoms with Crippen LogP contribution in [0.4, 0.5) is 0 Å². The summed E-state index contributed by atoms with van der Waals surface area (Å²) in [6.45, 7) is 1.78. The third kappa shape index (κ3) is 28.0. The van der Waals surface area contributed by atoms with Gasteiger partial charge in [-0.15, -0.1) is 0 Å². The van der Waals surface area contributed by atoms with Crippen LogP contribution in [0.25, 0.3) is 0 Å². The van der Waals surface area contributed by atoms with Gasteiger partial charge in [0.05, 0.1) is 38.6 Å². The molecule has 19 heteroatoms. The Kier molecular flexibility index (Phi) is 40.5. The van der Waals surface area contributed by atoms with Crippen molar-refractivity contribution < 1.29 is 89.4 Å². The Bertz CT molecular complexity index is 1560. The van der Waals surface area contributed by atoms with Crippen LogP contribution in [-0.2, 0) is 33.2 Å². The average Bonchev–Trinajstić information content (AvgIpc) is 3.50. The van der Waals surface area contributed by atoms with E-state index in [-0.39, 0.29) is 18.9 Å². The fourth-order valence-corrected chi connectivity index (χ4v) is 10.8. The van der Waals surface area contributed by atoms with Gasteiger partial charge in [0, 0.05) is 6.42 Å². The molecule has 1 amide bonds. The van der Waals surface area contributed by atoms with E-state index in [4.69, 9.17) is 28.4 Å². The SMILES string of the molecule is CCCCCC/C=C\C/C=C\CCCCCCCCCC(=O)NC(COC1OC(CO)C(OC2OC(CO)C(OC3OC(CO)C(O)C(O)C3O)C(O)C2O)C(O)C1O)C(O)CCCCCCCCCCCCCCCCCCC. The van der Waals surface area contributed by atoms with Crippen LogP contribution in [0.3, 0.4) is 0 Å². The lowest BCUT2D eigenvalue weighted by Gasteiger charge is -2.48. The second-order valence-corrected chi connectivity index (χ2v) is 22.9. The van der Waals surface area contributed by atoms with Gasteiger partial charge in [0.25, 0.3) is 0 Å². The minimum Gasteiger partial charge on any atom is -0.394 e. The number of aliphatic hydroxyl groups is 11. The second-order valence-electron chi connectivity index (χ2n) is 22.9. The van der Waals surface area contributed by atoms with E-state index in [0.717, 1.165) is 70.6 Å². The van der Waals surface area contributed by atoms with E-state index in [1.807, 2.05) is 0 Å². The molecule has 3 heterocycles. The summed E-state index contributed by atoms with van der Waals surface area (Å²) in [5.41, 5.74) is 0. The highest BCUT2D eigenvalue weighted by Crippen LogP contribution is 2.33. The maximum absolute atomic E-state index is 13.4. The van der Waals surface area contributed by atoms with Gasteiger partial charge < -0.3 is 89.9 Å². The molecule has 0 aromatic rings. The van der Waals surface area contributed by atoms with Crippen LogP contribution in [0.15, 0.2) is 24.3 Å². The van der Waals surface area contributed by atoms with Gasteiger partial charge in [-0.05, 0) is 44.9 Å². The summed E-state index contributed by atoms with van der Waals surface area (Å²) < 4.78 is 34.3. The Hall–Kier alpha value is -1.73. The molecule has 80 heavy (non-hydrogen) atoms. The van der Waals surface area contributed by atoms with E-state index in [0.29, 0.717) is 12.8 Å². The molecule has 0 aromatic carbocycles. The van der Waals surface area contributed by atoms with Crippen LogP contribution in [0, 0.1) is 0 Å².